The zero-order chi connectivity index (χ0) is 19.0. The second-order valence-electron chi connectivity index (χ2n) is 7.49. The van der Waals surface area contributed by atoms with E-state index in [1.165, 1.54) is 6.07 Å². The molecular weight excluding hydrogens is 347 g/mol. The first-order chi connectivity index (χ1) is 13.0. The third-order valence-corrected chi connectivity index (χ3v) is 5.68. The highest BCUT2D eigenvalue weighted by Gasteiger charge is 2.39. The van der Waals surface area contributed by atoms with Crippen LogP contribution in [0.25, 0.3) is 0 Å². The number of hydrazone groups is 1. The molecule has 2 aromatic heterocycles. The average Bonchev–Trinajstić information content (AvgIpc) is 3.22. The number of halogens is 1. The van der Waals surface area contributed by atoms with Crippen molar-refractivity contribution in [1.82, 2.24) is 25.0 Å². The van der Waals surface area contributed by atoms with Crippen LogP contribution in [-0.2, 0) is 11.8 Å². The minimum atomic E-state index is -0.244. The predicted molar refractivity (Wildman–Crippen MR) is 98.7 cm³/mol. The number of aryl methyl sites for hydroxylation is 2. The van der Waals surface area contributed by atoms with Crippen LogP contribution in [0.3, 0.4) is 0 Å². The number of hydrogen-bond acceptors (Lipinski definition) is 6. The summed E-state index contributed by atoms with van der Waals surface area (Å²) in [5.41, 5.74) is 2.41. The molecule has 0 saturated carbocycles. The molecule has 144 valence electrons. The molecule has 1 saturated heterocycles. The molecule has 2 aliphatic rings. The molecule has 0 N–H and O–H groups in total. The molecule has 2 aromatic rings. The summed E-state index contributed by atoms with van der Waals surface area (Å²) in [6.07, 6.45) is 5.19. The third-order valence-electron chi connectivity index (χ3n) is 5.68. The summed E-state index contributed by atoms with van der Waals surface area (Å²) in [6, 6.07) is 3.14. The number of ether oxygens (including phenoxy) is 1. The molecule has 0 radical (unpaired) electrons. The lowest BCUT2D eigenvalue weighted by atomic mass is 9.74. The molecule has 3 unspecified atom stereocenters. The van der Waals surface area contributed by atoms with Crippen LogP contribution in [0.5, 0.6) is 0 Å². The van der Waals surface area contributed by atoms with Gasteiger partial charge in [0, 0.05) is 51.5 Å². The molecule has 0 aromatic carbocycles. The molecule has 4 atom stereocenters. The minimum absolute atomic E-state index is 0.0345. The van der Waals surface area contributed by atoms with E-state index in [2.05, 4.69) is 20.4 Å². The van der Waals surface area contributed by atoms with Gasteiger partial charge in [0.1, 0.15) is 11.9 Å². The van der Waals surface area contributed by atoms with Crippen molar-refractivity contribution in [2.75, 3.05) is 20.2 Å². The van der Waals surface area contributed by atoms with Crippen molar-refractivity contribution in [3.63, 3.8) is 0 Å². The Balaban J connectivity index is 1.66. The predicted octanol–water partition coefficient (Wildman–Crippen LogP) is 2.46. The standard InChI is InChI=1S/C19H25FN6O/c1-12-19(26(3)24-23-12)16-9-13(6-8-27-16)17(14-10-22-25(2)11-14)18-15(20)5-4-7-21-18/h4-5,7,10,13-14,16-17H,6,8-9,11H2,1-3H3/t13?,14-,16?,17?/m0/s1. The lowest BCUT2D eigenvalue weighted by molar-refractivity contribution is -0.0241. The van der Waals surface area contributed by atoms with E-state index in [-0.39, 0.29) is 29.7 Å². The topological polar surface area (TPSA) is 68.4 Å². The molecule has 4 heterocycles. The van der Waals surface area contributed by atoms with E-state index < -0.39 is 0 Å². The van der Waals surface area contributed by atoms with Crippen molar-refractivity contribution >= 4 is 6.21 Å². The third kappa shape index (κ3) is 3.45. The number of rotatable bonds is 4. The largest absolute Gasteiger partial charge is 0.372 e. The first kappa shape index (κ1) is 18.0. The molecule has 0 aliphatic carbocycles. The van der Waals surface area contributed by atoms with Crippen molar-refractivity contribution in [3.8, 4) is 0 Å². The van der Waals surface area contributed by atoms with Gasteiger partial charge in [-0.05, 0) is 37.8 Å². The van der Waals surface area contributed by atoms with Crippen LogP contribution in [0, 0.1) is 24.6 Å². The summed E-state index contributed by atoms with van der Waals surface area (Å²) in [5.74, 6) is 0.0963. The van der Waals surface area contributed by atoms with Gasteiger partial charge in [-0.15, -0.1) is 5.10 Å². The highest BCUT2D eigenvalue weighted by molar-refractivity contribution is 5.64. The molecule has 0 spiro atoms. The van der Waals surface area contributed by atoms with Crippen LogP contribution < -0.4 is 0 Å². The van der Waals surface area contributed by atoms with Crippen LogP contribution in [-0.4, -0.2) is 51.4 Å². The van der Waals surface area contributed by atoms with E-state index in [0.29, 0.717) is 12.3 Å². The van der Waals surface area contributed by atoms with Crippen LogP contribution in [0.4, 0.5) is 4.39 Å². The van der Waals surface area contributed by atoms with E-state index >= 15 is 0 Å². The quantitative estimate of drug-likeness (QED) is 0.825. The summed E-state index contributed by atoms with van der Waals surface area (Å²) >= 11 is 0. The van der Waals surface area contributed by atoms with Gasteiger partial charge in [0.25, 0.3) is 0 Å². The van der Waals surface area contributed by atoms with Gasteiger partial charge in [0.2, 0.25) is 0 Å². The SMILES string of the molecule is Cc1nnn(C)c1C1CC(C(c2ncccc2F)[C@H]2C=NN(C)C2)CCO1. The van der Waals surface area contributed by atoms with Crippen molar-refractivity contribution in [2.24, 2.45) is 24.0 Å². The number of pyridine rings is 1. The summed E-state index contributed by atoms with van der Waals surface area (Å²) in [6.45, 7) is 3.35. The van der Waals surface area contributed by atoms with E-state index in [1.807, 2.05) is 32.2 Å². The zero-order valence-corrected chi connectivity index (χ0v) is 15.9. The van der Waals surface area contributed by atoms with Crippen LogP contribution in [0.2, 0.25) is 0 Å². The number of nitrogens with zero attached hydrogens (tertiary/aromatic N) is 6. The second-order valence-corrected chi connectivity index (χ2v) is 7.49. The highest BCUT2D eigenvalue weighted by atomic mass is 19.1. The summed E-state index contributed by atoms with van der Waals surface area (Å²) in [4.78, 5) is 4.42. The average molecular weight is 372 g/mol. The van der Waals surface area contributed by atoms with E-state index in [1.54, 1.807) is 16.9 Å². The van der Waals surface area contributed by atoms with Crippen molar-refractivity contribution in [1.29, 1.82) is 0 Å². The first-order valence-corrected chi connectivity index (χ1v) is 9.38. The van der Waals surface area contributed by atoms with Gasteiger partial charge < -0.3 is 4.74 Å². The summed E-state index contributed by atoms with van der Waals surface area (Å²) < 4.78 is 22.5. The summed E-state index contributed by atoms with van der Waals surface area (Å²) in [5, 5.41) is 14.6. The van der Waals surface area contributed by atoms with Crippen molar-refractivity contribution in [2.45, 2.75) is 31.8 Å². The lowest BCUT2D eigenvalue weighted by Crippen LogP contribution is -2.33. The molecule has 7 nitrogen and oxygen atoms in total. The lowest BCUT2D eigenvalue weighted by Gasteiger charge is -2.36. The Morgan fingerprint density at radius 2 is 2.19 bits per heavy atom. The Hall–Kier alpha value is -2.35. The Kier molecular flexibility index (Phi) is 4.90. The van der Waals surface area contributed by atoms with Gasteiger partial charge in [-0.2, -0.15) is 5.10 Å². The van der Waals surface area contributed by atoms with Gasteiger partial charge in [0.15, 0.2) is 0 Å². The smallest absolute Gasteiger partial charge is 0.145 e. The fourth-order valence-corrected chi connectivity index (χ4v) is 4.47. The van der Waals surface area contributed by atoms with Gasteiger partial charge in [-0.25, -0.2) is 9.07 Å². The number of hydrogen-bond donors (Lipinski definition) is 0. The Bertz CT molecular complexity index is 818. The molecule has 27 heavy (non-hydrogen) atoms. The monoisotopic (exact) mass is 372 g/mol. The van der Waals surface area contributed by atoms with E-state index in [4.69, 9.17) is 4.74 Å². The van der Waals surface area contributed by atoms with Crippen molar-refractivity contribution < 1.29 is 9.13 Å². The Morgan fingerprint density at radius 3 is 2.85 bits per heavy atom. The van der Waals surface area contributed by atoms with Gasteiger partial charge >= 0.3 is 0 Å². The first-order valence-electron chi connectivity index (χ1n) is 9.38. The molecule has 2 aliphatic heterocycles. The molecule has 0 amide bonds. The second kappa shape index (κ2) is 7.34. The van der Waals surface area contributed by atoms with E-state index in [0.717, 1.165) is 30.8 Å². The molecule has 8 heteroatoms. The zero-order valence-electron chi connectivity index (χ0n) is 15.9. The van der Waals surface area contributed by atoms with E-state index in [9.17, 15) is 4.39 Å². The summed E-state index contributed by atoms with van der Waals surface area (Å²) in [7, 11) is 3.83. The maximum Gasteiger partial charge on any atom is 0.145 e. The van der Waals surface area contributed by atoms with Gasteiger partial charge in [0.05, 0.1) is 17.1 Å². The maximum atomic E-state index is 14.7. The number of aromatic nitrogens is 4. The van der Waals surface area contributed by atoms with Gasteiger partial charge in [-0.3, -0.25) is 9.99 Å². The normalized spacial score (nSPS) is 26.5. The fraction of sp³-hybridized carbons (Fsp3) is 0.579. The van der Waals surface area contributed by atoms with Gasteiger partial charge in [-0.1, -0.05) is 5.21 Å². The Labute approximate surface area is 158 Å². The van der Waals surface area contributed by atoms with Crippen molar-refractivity contribution in [3.05, 3.63) is 41.2 Å². The maximum absolute atomic E-state index is 14.7. The molecule has 0 bridgehead atoms. The molecular formula is C19H25FN6O. The highest BCUT2D eigenvalue weighted by Crippen LogP contribution is 2.43. The molecule has 4 rings (SSSR count). The van der Waals surface area contributed by atoms with Crippen LogP contribution in [0.1, 0.15) is 41.9 Å². The minimum Gasteiger partial charge on any atom is -0.372 e. The van der Waals surface area contributed by atoms with Crippen LogP contribution >= 0.6 is 0 Å². The van der Waals surface area contributed by atoms with Crippen LogP contribution in [0.15, 0.2) is 23.4 Å². The Morgan fingerprint density at radius 1 is 1.33 bits per heavy atom. The fourth-order valence-electron chi connectivity index (χ4n) is 4.47. The molecule has 1 fully saturated rings.